The van der Waals surface area contributed by atoms with Crippen LogP contribution in [0.2, 0.25) is 0 Å². The van der Waals surface area contributed by atoms with Crippen LogP contribution in [0.25, 0.3) is 65.9 Å². The lowest BCUT2D eigenvalue weighted by atomic mass is 9.98. The molecule has 3 N–H and O–H groups in total. The predicted molar refractivity (Wildman–Crippen MR) is 228 cm³/mol. The van der Waals surface area contributed by atoms with Gasteiger partial charge in [0.05, 0.1) is 11.0 Å². The average molecular weight is 765 g/mol. The van der Waals surface area contributed by atoms with Crippen molar-refractivity contribution in [2.24, 2.45) is 25.9 Å². The van der Waals surface area contributed by atoms with E-state index >= 15 is 0 Å². The zero-order valence-corrected chi connectivity index (χ0v) is 32.5. The predicted octanol–water partition coefficient (Wildman–Crippen LogP) is 7.90. The fourth-order valence-electron chi connectivity index (χ4n) is 8.17. The van der Waals surface area contributed by atoms with Crippen LogP contribution in [-0.2, 0) is 14.1 Å². The van der Waals surface area contributed by atoms with Crippen molar-refractivity contribution in [1.82, 2.24) is 34.4 Å². The van der Waals surface area contributed by atoms with Gasteiger partial charge in [-0.05, 0) is 110 Å². The molecule has 0 radical (unpaired) electrons. The fraction of sp³-hybridized carbons (Fsp3) is 0.304. The van der Waals surface area contributed by atoms with Crippen LogP contribution in [0.5, 0.6) is 0 Å². The second-order valence-corrected chi connectivity index (χ2v) is 15.1. The molecule has 8 aromatic rings. The van der Waals surface area contributed by atoms with Crippen molar-refractivity contribution in [3.63, 3.8) is 0 Å². The fourth-order valence-corrected chi connectivity index (χ4v) is 8.17. The highest BCUT2D eigenvalue weighted by molar-refractivity contribution is 6.09. The molecule has 2 aliphatic rings. The molecule has 2 fully saturated rings. The Morgan fingerprint density at radius 2 is 1.09 bits per heavy atom. The second kappa shape index (κ2) is 17.2. The Bertz CT molecular complexity index is 2590. The summed E-state index contributed by atoms with van der Waals surface area (Å²) in [5.74, 6) is 1.59. The molecule has 0 saturated carbocycles. The van der Waals surface area contributed by atoms with Crippen molar-refractivity contribution in [2.75, 3.05) is 44.3 Å². The van der Waals surface area contributed by atoms with Gasteiger partial charge < -0.3 is 29.6 Å². The van der Waals surface area contributed by atoms with E-state index in [1.807, 2.05) is 44.0 Å². The SMILES string of the molecule is Cn1c2ccncc2c2ccc(-c3ccc(F)nc3)cc21.Cn1c2ccncc2c2ccc(-c3ccc(N4CCC(CO)CC4)nc3)cc21.OCC1CCNCC1. The highest BCUT2D eigenvalue weighted by Gasteiger charge is 2.20. The largest absolute Gasteiger partial charge is 0.396 e. The van der Waals surface area contributed by atoms with Gasteiger partial charge in [0.25, 0.3) is 0 Å². The number of aliphatic hydroxyl groups excluding tert-OH is 2. The third-order valence-electron chi connectivity index (χ3n) is 11.7. The summed E-state index contributed by atoms with van der Waals surface area (Å²) < 4.78 is 17.3. The Kier molecular flexibility index (Phi) is 11.5. The van der Waals surface area contributed by atoms with E-state index in [-0.39, 0.29) is 0 Å². The number of rotatable bonds is 5. The summed E-state index contributed by atoms with van der Waals surface area (Å²) in [6, 6.07) is 24.3. The van der Waals surface area contributed by atoms with Gasteiger partial charge in [0.1, 0.15) is 5.82 Å². The molecule has 2 saturated heterocycles. The molecule has 0 aliphatic carbocycles. The number of halogens is 1. The molecule has 0 atom stereocenters. The summed E-state index contributed by atoms with van der Waals surface area (Å²) in [7, 11) is 4.14. The molecule has 2 aromatic carbocycles. The van der Waals surface area contributed by atoms with E-state index in [4.69, 9.17) is 10.1 Å². The zero-order valence-electron chi connectivity index (χ0n) is 32.5. The van der Waals surface area contributed by atoms with Crippen molar-refractivity contribution in [3.8, 4) is 22.3 Å². The zero-order chi connectivity index (χ0) is 39.3. The quantitative estimate of drug-likeness (QED) is 0.152. The number of fused-ring (bicyclic) bond motifs is 6. The molecule has 0 bridgehead atoms. The molecule has 8 heterocycles. The molecule has 57 heavy (non-hydrogen) atoms. The van der Waals surface area contributed by atoms with E-state index in [0.717, 1.165) is 90.8 Å². The number of hydrogen-bond donors (Lipinski definition) is 3. The number of hydrogen-bond acceptors (Lipinski definition) is 8. The molecule has 11 heteroatoms. The Labute approximate surface area is 331 Å². The van der Waals surface area contributed by atoms with Crippen LogP contribution in [0.1, 0.15) is 25.7 Å². The number of aromatic nitrogens is 6. The van der Waals surface area contributed by atoms with Gasteiger partial charge in [-0.3, -0.25) is 9.97 Å². The van der Waals surface area contributed by atoms with Crippen LogP contribution in [0, 0.1) is 17.8 Å². The lowest BCUT2D eigenvalue weighted by Crippen LogP contribution is -2.35. The first-order valence-electron chi connectivity index (χ1n) is 19.8. The molecular formula is C46H49FN8O2. The number of benzene rings is 2. The highest BCUT2D eigenvalue weighted by Crippen LogP contribution is 2.33. The number of piperidine rings is 2. The minimum absolute atomic E-state index is 0.299. The number of aryl methyl sites for hydroxylation is 2. The third kappa shape index (κ3) is 8.09. The van der Waals surface area contributed by atoms with Gasteiger partial charge in [-0.1, -0.05) is 24.3 Å². The number of aliphatic hydroxyl groups is 2. The molecule has 10 nitrogen and oxygen atoms in total. The topological polar surface area (TPSA) is 117 Å². The van der Waals surface area contributed by atoms with E-state index in [1.54, 1.807) is 18.5 Å². The minimum Gasteiger partial charge on any atom is -0.396 e. The van der Waals surface area contributed by atoms with Gasteiger partial charge in [0.2, 0.25) is 5.95 Å². The number of anilines is 1. The monoisotopic (exact) mass is 764 g/mol. The summed E-state index contributed by atoms with van der Waals surface area (Å²) >= 11 is 0. The minimum atomic E-state index is -0.462. The molecule has 0 unspecified atom stereocenters. The van der Waals surface area contributed by atoms with Crippen molar-refractivity contribution < 1.29 is 14.6 Å². The van der Waals surface area contributed by atoms with E-state index in [2.05, 4.69) is 89.9 Å². The summed E-state index contributed by atoms with van der Waals surface area (Å²) in [4.78, 5) is 19.2. The lowest BCUT2D eigenvalue weighted by Gasteiger charge is -2.32. The van der Waals surface area contributed by atoms with Crippen molar-refractivity contribution >= 4 is 49.4 Å². The number of nitrogens with one attached hydrogen (secondary N) is 1. The van der Waals surface area contributed by atoms with Gasteiger partial charge >= 0.3 is 0 Å². The second-order valence-electron chi connectivity index (χ2n) is 15.1. The smallest absolute Gasteiger partial charge is 0.212 e. The Balaban J connectivity index is 0.000000137. The molecule has 10 rings (SSSR count). The van der Waals surface area contributed by atoms with Gasteiger partial charge in [-0.25, -0.2) is 9.97 Å². The first-order chi connectivity index (χ1) is 27.9. The summed E-state index contributed by atoms with van der Waals surface area (Å²) in [6.07, 6.45) is 15.4. The lowest BCUT2D eigenvalue weighted by molar-refractivity contribution is 0.196. The van der Waals surface area contributed by atoms with Crippen LogP contribution in [0.4, 0.5) is 10.2 Å². The maximum Gasteiger partial charge on any atom is 0.212 e. The Hall–Kier alpha value is -5.75. The normalized spacial score (nSPS) is 15.1. The van der Waals surface area contributed by atoms with Crippen molar-refractivity contribution in [2.45, 2.75) is 25.7 Å². The molecular weight excluding hydrogens is 716 g/mol. The van der Waals surface area contributed by atoms with Crippen LogP contribution in [0.3, 0.4) is 0 Å². The van der Waals surface area contributed by atoms with Gasteiger partial charge in [-0.2, -0.15) is 4.39 Å². The standard InChI is InChI=1S/C23H24N4O.C17H12FN3.C6H13NO/c1-26-21-6-9-24-14-20(21)19-4-2-17(12-22(19)26)18-3-5-23(25-13-18)27-10-7-16(15-28)8-11-27;1-21-15-6-7-19-10-14(15)13-4-2-11(8-16(13)21)12-3-5-17(18)20-9-12;8-5-6-1-3-7-4-2-6/h2-6,9,12-14,16,28H,7-8,10-11,15H2,1H3;2-10H,1H3;6-8H,1-5H2. The molecule has 292 valence electrons. The molecule has 6 aromatic heterocycles. The summed E-state index contributed by atoms with van der Waals surface area (Å²) in [5, 5.41) is 25.9. The van der Waals surface area contributed by atoms with E-state index in [9.17, 15) is 9.50 Å². The van der Waals surface area contributed by atoms with Gasteiger partial charge in [-0.15, -0.1) is 0 Å². The van der Waals surface area contributed by atoms with Gasteiger partial charge in [0, 0.05) is 121 Å². The highest BCUT2D eigenvalue weighted by atomic mass is 19.1. The number of pyridine rings is 4. The average Bonchev–Trinajstić information content (AvgIpc) is 3.73. The maximum atomic E-state index is 12.9. The summed E-state index contributed by atoms with van der Waals surface area (Å²) in [6.45, 7) is 4.78. The Morgan fingerprint density at radius 1 is 0.579 bits per heavy atom. The first-order valence-corrected chi connectivity index (χ1v) is 19.8. The Morgan fingerprint density at radius 3 is 1.56 bits per heavy atom. The van der Waals surface area contributed by atoms with Crippen LogP contribution < -0.4 is 10.2 Å². The van der Waals surface area contributed by atoms with Crippen LogP contribution in [0.15, 0.2) is 110 Å². The van der Waals surface area contributed by atoms with E-state index in [0.29, 0.717) is 25.0 Å². The van der Waals surface area contributed by atoms with E-state index in [1.165, 1.54) is 38.8 Å². The van der Waals surface area contributed by atoms with Crippen LogP contribution >= 0.6 is 0 Å². The van der Waals surface area contributed by atoms with Gasteiger partial charge in [0.15, 0.2) is 0 Å². The van der Waals surface area contributed by atoms with Crippen molar-refractivity contribution in [3.05, 3.63) is 116 Å². The van der Waals surface area contributed by atoms with Crippen LogP contribution in [-0.4, -0.2) is 78.7 Å². The molecule has 0 amide bonds. The first kappa shape index (κ1) is 38.1. The third-order valence-corrected chi connectivity index (χ3v) is 11.7. The summed E-state index contributed by atoms with van der Waals surface area (Å²) in [5.41, 5.74) is 8.89. The van der Waals surface area contributed by atoms with E-state index < -0.39 is 5.95 Å². The molecule has 0 spiro atoms. The maximum absolute atomic E-state index is 12.9. The number of nitrogens with zero attached hydrogens (tertiary/aromatic N) is 7. The van der Waals surface area contributed by atoms with Crippen molar-refractivity contribution in [1.29, 1.82) is 0 Å². The molecule has 2 aliphatic heterocycles.